The number of hydrogen-bond donors (Lipinski definition) is 1. The predicted molar refractivity (Wildman–Crippen MR) is 60.6 cm³/mol. The van der Waals surface area contributed by atoms with Gasteiger partial charge in [-0.05, 0) is 55.0 Å². The molecule has 1 saturated carbocycles. The molecule has 0 saturated heterocycles. The maximum absolute atomic E-state index is 13.2. The molecule has 82 valence electrons. The Balaban J connectivity index is 2.34. The number of benzene rings is 1. The monoisotopic (exact) mass is 227 g/mol. The Morgan fingerprint density at radius 3 is 2.53 bits per heavy atom. The van der Waals surface area contributed by atoms with Crippen LogP contribution in [0.4, 0.5) is 4.39 Å². The number of halogens is 2. The van der Waals surface area contributed by atoms with Crippen LogP contribution in [-0.2, 0) is 5.41 Å². The van der Waals surface area contributed by atoms with Gasteiger partial charge in [0.1, 0.15) is 5.82 Å². The molecular formula is C12H15ClFN. The van der Waals surface area contributed by atoms with E-state index in [1.165, 1.54) is 12.5 Å². The maximum atomic E-state index is 13.2. The van der Waals surface area contributed by atoms with Crippen LogP contribution in [0.1, 0.15) is 31.2 Å². The Kier molecular flexibility index (Phi) is 2.98. The summed E-state index contributed by atoms with van der Waals surface area (Å²) in [6, 6.07) is 4.82. The van der Waals surface area contributed by atoms with Gasteiger partial charge in [-0.1, -0.05) is 18.0 Å². The van der Waals surface area contributed by atoms with Gasteiger partial charge in [0.15, 0.2) is 0 Å². The van der Waals surface area contributed by atoms with Gasteiger partial charge in [-0.15, -0.1) is 0 Å². The van der Waals surface area contributed by atoms with Crippen LogP contribution < -0.4 is 5.73 Å². The number of nitrogens with two attached hydrogens (primary N) is 1. The SMILES string of the molecule is NCCC1(c2cc(F)cc(Cl)c2)CCC1. The van der Waals surface area contributed by atoms with Crippen LogP contribution in [0, 0.1) is 5.82 Å². The molecule has 0 unspecified atom stereocenters. The van der Waals surface area contributed by atoms with Crippen molar-refractivity contribution in [1.29, 1.82) is 0 Å². The minimum Gasteiger partial charge on any atom is -0.330 e. The largest absolute Gasteiger partial charge is 0.330 e. The lowest BCUT2D eigenvalue weighted by atomic mass is 9.62. The summed E-state index contributed by atoms with van der Waals surface area (Å²) in [5, 5.41) is 0.480. The zero-order valence-corrected chi connectivity index (χ0v) is 9.36. The van der Waals surface area contributed by atoms with Gasteiger partial charge in [0, 0.05) is 5.02 Å². The average molecular weight is 228 g/mol. The van der Waals surface area contributed by atoms with Crippen LogP contribution in [0.5, 0.6) is 0 Å². The maximum Gasteiger partial charge on any atom is 0.124 e. The van der Waals surface area contributed by atoms with Crippen molar-refractivity contribution in [3.63, 3.8) is 0 Å². The molecule has 1 aromatic carbocycles. The Hall–Kier alpha value is -0.600. The first kappa shape index (κ1) is 10.9. The van der Waals surface area contributed by atoms with Gasteiger partial charge >= 0.3 is 0 Å². The summed E-state index contributed by atoms with van der Waals surface area (Å²) < 4.78 is 13.2. The molecule has 1 aromatic rings. The molecule has 0 amide bonds. The minimum absolute atomic E-state index is 0.0977. The predicted octanol–water partition coefficient (Wildman–Crippen LogP) is 3.25. The van der Waals surface area contributed by atoms with Crippen molar-refractivity contribution in [2.75, 3.05) is 6.54 Å². The first-order chi connectivity index (χ1) is 7.16. The molecule has 0 radical (unpaired) electrons. The molecule has 15 heavy (non-hydrogen) atoms. The van der Waals surface area contributed by atoms with E-state index >= 15 is 0 Å². The lowest BCUT2D eigenvalue weighted by molar-refractivity contribution is 0.229. The van der Waals surface area contributed by atoms with E-state index in [2.05, 4.69) is 0 Å². The molecule has 0 atom stereocenters. The highest BCUT2D eigenvalue weighted by Gasteiger charge is 2.38. The van der Waals surface area contributed by atoms with E-state index in [1.54, 1.807) is 6.07 Å². The summed E-state index contributed by atoms with van der Waals surface area (Å²) >= 11 is 5.87. The molecule has 0 bridgehead atoms. The molecule has 0 spiro atoms. The van der Waals surface area contributed by atoms with E-state index in [9.17, 15) is 4.39 Å². The van der Waals surface area contributed by atoms with Crippen molar-refractivity contribution in [3.05, 3.63) is 34.6 Å². The van der Waals surface area contributed by atoms with E-state index in [1.807, 2.05) is 6.07 Å². The molecule has 1 aliphatic rings. The van der Waals surface area contributed by atoms with Gasteiger partial charge in [0.25, 0.3) is 0 Å². The molecule has 2 rings (SSSR count). The topological polar surface area (TPSA) is 26.0 Å². The fraction of sp³-hybridized carbons (Fsp3) is 0.500. The molecule has 0 heterocycles. The van der Waals surface area contributed by atoms with Crippen molar-refractivity contribution in [1.82, 2.24) is 0 Å². The quantitative estimate of drug-likeness (QED) is 0.843. The van der Waals surface area contributed by atoms with Crippen molar-refractivity contribution >= 4 is 11.6 Å². The van der Waals surface area contributed by atoms with Crippen molar-refractivity contribution in [2.24, 2.45) is 5.73 Å². The first-order valence-electron chi connectivity index (χ1n) is 5.33. The van der Waals surface area contributed by atoms with Crippen molar-refractivity contribution in [3.8, 4) is 0 Å². The Labute approximate surface area is 94.4 Å². The third-order valence-corrected chi connectivity index (χ3v) is 3.63. The zero-order valence-electron chi connectivity index (χ0n) is 8.60. The van der Waals surface area contributed by atoms with Crippen molar-refractivity contribution in [2.45, 2.75) is 31.1 Å². The summed E-state index contributed by atoms with van der Waals surface area (Å²) in [7, 11) is 0. The van der Waals surface area contributed by atoms with Crippen LogP contribution in [-0.4, -0.2) is 6.54 Å². The number of hydrogen-bond acceptors (Lipinski definition) is 1. The third-order valence-electron chi connectivity index (χ3n) is 3.41. The molecule has 1 fully saturated rings. The van der Waals surface area contributed by atoms with Crippen LogP contribution in [0.15, 0.2) is 18.2 Å². The summed E-state index contributed by atoms with van der Waals surface area (Å²) in [6.07, 6.45) is 4.33. The van der Waals surface area contributed by atoms with Gasteiger partial charge in [-0.2, -0.15) is 0 Å². The molecule has 2 N–H and O–H groups in total. The fourth-order valence-electron chi connectivity index (χ4n) is 2.42. The van der Waals surface area contributed by atoms with E-state index in [4.69, 9.17) is 17.3 Å². The lowest BCUT2D eigenvalue weighted by Crippen LogP contribution is -2.36. The highest BCUT2D eigenvalue weighted by molar-refractivity contribution is 6.30. The second kappa shape index (κ2) is 4.11. The normalized spacial score (nSPS) is 18.6. The van der Waals surface area contributed by atoms with Gasteiger partial charge in [-0.25, -0.2) is 4.39 Å². The lowest BCUT2D eigenvalue weighted by Gasteiger charge is -2.42. The van der Waals surface area contributed by atoms with Crippen LogP contribution >= 0.6 is 11.6 Å². The standard InChI is InChI=1S/C12H15ClFN/c13-10-6-9(7-11(14)8-10)12(4-5-15)2-1-3-12/h6-8H,1-5,15H2. The third kappa shape index (κ3) is 2.01. The first-order valence-corrected chi connectivity index (χ1v) is 5.71. The second-order valence-corrected chi connectivity index (χ2v) is 4.77. The van der Waals surface area contributed by atoms with E-state index in [0.717, 1.165) is 24.8 Å². The summed E-state index contributed by atoms with van der Waals surface area (Å²) in [5.41, 5.74) is 6.73. The van der Waals surface area contributed by atoms with Crippen LogP contribution in [0.2, 0.25) is 5.02 Å². The van der Waals surface area contributed by atoms with Gasteiger partial charge in [0.05, 0.1) is 0 Å². The summed E-state index contributed by atoms with van der Waals surface area (Å²) in [5.74, 6) is -0.249. The van der Waals surface area contributed by atoms with Crippen LogP contribution in [0.3, 0.4) is 0 Å². The Morgan fingerprint density at radius 2 is 2.07 bits per heavy atom. The fourth-order valence-corrected chi connectivity index (χ4v) is 2.64. The summed E-state index contributed by atoms with van der Waals surface area (Å²) in [4.78, 5) is 0. The molecule has 3 heteroatoms. The molecule has 1 nitrogen and oxygen atoms in total. The molecule has 0 aromatic heterocycles. The second-order valence-electron chi connectivity index (χ2n) is 4.33. The molecule has 1 aliphatic carbocycles. The molecule has 0 aliphatic heterocycles. The zero-order chi connectivity index (χ0) is 10.9. The number of rotatable bonds is 3. The minimum atomic E-state index is -0.249. The highest BCUT2D eigenvalue weighted by atomic mass is 35.5. The van der Waals surface area contributed by atoms with Crippen molar-refractivity contribution < 1.29 is 4.39 Å². The van der Waals surface area contributed by atoms with Crippen LogP contribution in [0.25, 0.3) is 0 Å². The highest BCUT2D eigenvalue weighted by Crippen LogP contribution is 2.46. The van der Waals surface area contributed by atoms with E-state index < -0.39 is 0 Å². The van der Waals surface area contributed by atoms with Gasteiger partial charge in [0.2, 0.25) is 0 Å². The smallest absolute Gasteiger partial charge is 0.124 e. The average Bonchev–Trinajstić information content (AvgIpc) is 2.09. The van der Waals surface area contributed by atoms with Gasteiger partial charge < -0.3 is 5.73 Å². The molecular weight excluding hydrogens is 213 g/mol. The summed E-state index contributed by atoms with van der Waals surface area (Å²) in [6.45, 7) is 0.647. The Bertz CT molecular complexity index is 340. The Morgan fingerprint density at radius 1 is 1.33 bits per heavy atom. The van der Waals surface area contributed by atoms with E-state index in [-0.39, 0.29) is 11.2 Å². The van der Waals surface area contributed by atoms with E-state index in [0.29, 0.717) is 11.6 Å². The van der Waals surface area contributed by atoms with Gasteiger partial charge in [-0.3, -0.25) is 0 Å².